The largest absolute Gasteiger partial charge is 0.497 e. The van der Waals surface area contributed by atoms with E-state index in [1.54, 1.807) is 31.2 Å². The first kappa shape index (κ1) is 19.6. The SMILES string of the molecule is CCOC(=O)c1cnc(S[C@@H]2CC(=O)N(c3cccc(OC)c3)C2=O)nc1N. The molecule has 1 fully saturated rings. The molecule has 2 aromatic rings. The van der Waals surface area contributed by atoms with Crippen LogP contribution in [0.3, 0.4) is 0 Å². The zero-order valence-electron chi connectivity index (χ0n) is 15.2. The number of carbonyl (C=O) groups excluding carboxylic acids is 3. The number of hydrogen-bond acceptors (Lipinski definition) is 9. The van der Waals surface area contributed by atoms with Gasteiger partial charge in [0.15, 0.2) is 5.16 Å². The van der Waals surface area contributed by atoms with E-state index in [-0.39, 0.29) is 41.4 Å². The molecule has 3 rings (SSSR count). The van der Waals surface area contributed by atoms with E-state index < -0.39 is 11.2 Å². The van der Waals surface area contributed by atoms with Crippen molar-refractivity contribution in [1.29, 1.82) is 0 Å². The van der Waals surface area contributed by atoms with Gasteiger partial charge >= 0.3 is 5.97 Å². The van der Waals surface area contributed by atoms with Crippen LogP contribution in [0.25, 0.3) is 0 Å². The molecule has 2 heterocycles. The Morgan fingerprint density at radius 2 is 2.18 bits per heavy atom. The first-order valence-corrected chi connectivity index (χ1v) is 9.29. The molecule has 0 spiro atoms. The highest BCUT2D eigenvalue weighted by Crippen LogP contribution is 2.34. The molecule has 1 aliphatic rings. The minimum atomic E-state index is -0.688. The number of imide groups is 1. The normalized spacial score (nSPS) is 16.4. The molecule has 0 radical (unpaired) electrons. The summed E-state index contributed by atoms with van der Waals surface area (Å²) < 4.78 is 10.0. The van der Waals surface area contributed by atoms with Gasteiger partial charge in [0.1, 0.15) is 22.4 Å². The van der Waals surface area contributed by atoms with Crippen LogP contribution in [0.4, 0.5) is 11.5 Å². The Kier molecular flexibility index (Phi) is 5.78. The number of benzene rings is 1. The van der Waals surface area contributed by atoms with Gasteiger partial charge in [-0.05, 0) is 19.1 Å². The van der Waals surface area contributed by atoms with Gasteiger partial charge < -0.3 is 15.2 Å². The Labute approximate surface area is 165 Å². The summed E-state index contributed by atoms with van der Waals surface area (Å²) in [6, 6.07) is 6.70. The third kappa shape index (κ3) is 3.91. The van der Waals surface area contributed by atoms with Crippen molar-refractivity contribution in [3.8, 4) is 5.75 Å². The summed E-state index contributed by atoms with van der Waals surface area (Å²) >= 11 is 1.02. The summed E-state index contributed by atoms with van der Waals surface area (Å²) in [7, 11) is 1.51. The van der Waals surface area contributed by atoms with Crippen LogP contribution in [0.2, 0.25) is 0 Å². The number of esters is 1. The second-order valence-corrected chi connectivity index (χ2v) is 6.92. The Bertz CT molecular complexity index is 936. The molecule has 1 aromatic heterocycles. The molecule has 2 amide bonds. The number of thioether (sulfide) groups is 1. The van der Waals surface area contributed by atoms with Crippen molar-refractivity contribution in [3.05, 3.63) is 36.0 Å². The van der Waals surface area contributed by atoms with E-state index in [0.717, 1.165) is 16.7 Å². The van der Waals surface area contributed by atoms with Gasteiger partial charge in [-0.2, -0.15) is 0 Å². The standard InChI is InChI=1S/C18H18N4O5S/c1-3-27-17(25)12-9-20-18(21-15(12)19)28-13-8-14(23)22(16(13)24)10-5-4-6-11(7-10)26-2/h4-7,9,13H,3,8H2,1-2H3,(H2,19,20,21)/t13-/m1/s1. The van der Waals surface area contributed by atoms with Gasteiger partial charge in [-0.3, -0.25) is 9.59 Å². The van der Waals surface area contributed by atoms with Crippen molar-refractivity contribution in [2.24, 2.45) is 0 Å². The van der Waals surface area contributed by atoms with Gasteiger partial charge in [0.2, 0.25) is 11.8 Å². The van der Waals surface area contributed by atoms with E-state index in [2.05, 4.69) is 9.97 Å². The van der Waals surface area contributed by atoms with Crippen LogP contribution in [0.15, 0.2) is 35.6 Å². The van der Waals surface area contributed by atoms with Gasteiger partial charge in [-0.25, -0.2) is 19.7 Å². The number of carbonyl (C=O) groups is 3. The number of nitrogen functional groups attached to an aromatic ring is 1. The van der Waals surface area contributed by atoms with Crippen LogP contribution >= 0.6 is 11.8 Å². The molecule has 0 aliphatic carbocycles. The summed E-state index contributed by atoms with van der Waals surface area (Å²) in [4.78, 5) is 46.1. The van der Waals surface area contributed by atoms with Gasteiger partial charge in [0.05, 0.1) is 19.4 Å². The number of nitrogens with two attached hydrogens (primary N) is 1. The van der Waals surface area contributed by atoms with Crippen LogP contribution in [0.1, 0.15) is 23.7 Å². The van der Waals surface area contributed by atoms with Crippen molar-refractivity contribution in [3.63, 3.8) is 0 Å². The highest BCUT2D eigenvalue weighted by Gasteiger charge is 2.40. The fourth-order valence-corrected chi connectivity index (χ4v) is 3.60. The first-order valence-electron chi connectivity index (χ1n) is 8.41. The van der Waals surface area contributed by atoms with Gasteiger partial charge in [-0.15, -0.1) is 0 Å². The minimum Gasteiger partial charge on any atom is -0.497 e. The van der Waals surface area contributed by atoms with Crippen molar-refractivity contribution in [2.45, 2.75) is 23.8 Å². The maximum Gasteiger partial charge on any atom is 0.343 e. The lowest BCUT2D eigenvalue weighted by molar-refractivity contribution is -0.121. The number of hydrogen-bond donors (Lipinski definition) is 1. The fraction of sp³-hybridized carbons (Fsp3) is 0.278. The number of ether oxygens (including phenoxy) is 2. The molecule has 10 heteroatoms. The topological polar surface area (TPSA) is 125 Å². The Balaban J connectivity index is 1.77. The second-order valence-electron chi connectivity index (χ2n) is 5.75. The molecular formula is C18H18N4O5S. The number of amides is 2. The quantitative estimate of drug-likeness (QED) is 0.436. The summed E-state index contributed by atoms with van der Waals surface area (Å²) in [6.45, 7) is 1.88. The highest BCUT2D eigenvalue weighted by molar-refractivity contribution is 8.00. The third-order valence-electron chi connectivity index (χ3n) is 3.96. The van der Waals surface area contributed by atoms with Crippen LogP contribution in [-0.4, -0.2) is 46.7 Å². The molecule has 1 saturated heterocycles. The summed E-state index contributed by atoms with van der Waals surface area (Å²) in [6.07, 6.45) is 1.26. The maximum atomic E-state index is 12.7. The smallest absolute Gasteiger partial charge is 0.343 e. The number of methoxy groups -OCH3 is 1. The number of rotatable bonds is 6. The average Bonchev–Trinajstić information content (AvgIpc) is 2.95. The molecular weight excluding hydrogens is 384 g/mol. The number of anilines is 2. The molecule has 2 N–H and O–H groups in total. The monoisotopic (exact) mass is 402 g/mol. The van der Waals surface area contributed by atoms with Crippen LogP contribution in [0, 0.1) is 0 Å². The summed E-state index contributed by atoms with van der Waals surface area (Å²) in [5, 5.41) is -0.490. The molecule has 1 atom stereocenters. The minimum absolute atomic E-state index is 0.00357. The van der Waals surface area contributed by atoms with Crippen molar-refractivity contribution in [1.82, 2.24) is 9.97 Å². The average molecular weight is 402 g/mol. The second kappa shape index (κ2) is 8.26. The fourth-order valence-electron chi connectivity index (χ4n) is 2.65. The molecule has 1 aliphatic heterocycles. The lowest BCUT2D eigenvalue weighted by atomic mass is 10.3. The molecule has 146 valence electrons. The summed E-state index contributed by atoms with van der Waals surface area (Å²) in [5.41, 5.74) is 6.29. The highest BCUT2D eigenvalue weighted by atomic mass is 32.2. The van der Waals surface area contributed by atoms with Crippen molar-refractivity contribution < 1.29 is 23.9 Å². The van der Waals surface area contributed by atoms with Gasteiger partial charge in [-0.1, -0.05) is 17.8 Å². The predicted octanol–water partition coefficient (Wildman–Crippen LogP) is 1.67. The lowest BCUT2D eigenvalue weighted by Crippen LogP contribution is -2.31. The van der Waals surface area contributed by atoms with E-state index in [1.165, 1.54) is 13.3 Å². The molecule has 9 nitrogen and oxygen atoms in total. The molecule has 0 bridgehead atoms. The van der Waals surface area contributed by atoms with Crippen molar-refractivity contribution >= 4 is 41.1 Å². The molecule has 1 aromatic carbocycles. The first-order chi connectivity index (χ1) is 13.4. The Hall–Kier alpha value is -3.14. The number of aromatic nitrogens is 2. The molecule has 0 saturated carbocycles. The van der Waals surface area contributed by atoms with Crippen LogP contribution < -0.4 is 15.4 Å². The molecule has 0 unspecified atom stereocenters. The lowest BCUT2D eigenvalue weighted by Gasteiger charge is -2.15. The summed E-state index contributed by atoms with van der Waals surface area (Å²) in [5.74, 6) is -0.822. The van der Waals surface area contributed by atoms with E-state index in [1.807, 2.05) is 0 Å². The maximum absolute atomic E-state index is 12.7. The zero-order valence-corrected chi connectivity index (χ0v) is 16.1. The zero-order chi connectivity index (χ0) is 20.3. The van der Waals surface area contributed by atoms with Crippen LogP contribution in [-0.2, 0) is 14.3 Å². The van der Waals surface area contributed by atoms with E-state index >= 15 is 0 Å². The Morgan fingerprint density at radius 3 is 2.86 bits per heavy atom. The Morgan fingerprint density at radius 1 is 1.39 bits per heavy atom. The van der Waals surface area contributed by atoms with Gasteiger partial charge in [0.25, 0.3) is 0 Å². The molecule has 28 heavy (non-hydrogen) atoms. The number of nitrogens with zero attached hydrogens (tertiary/aromatic N) is 3. The van der Waals surface area contributed by atoms with E-state index in [0.29, 0.717) is 11.4 Å². The van der Waals surface area contributed by atoms with E-state index in [4.69, 9.17) is 15.2 Å². The van der Waals surface area contributed by atoms with Crippen LogP contribution in [0.5, 0.6) is 5.75 Å². The van der Waals surface area contributed by atoms with E-state index in [9.17, 15) is 14.4 Å². The van der Waals surface area contributed by atoms with Gasteiger partial charge in [0, 0.05) is 18.7 Å². The third-order valence-corrected chi connectivity index (χ3v) is 5.02. The predicted molar refractivity (Wildman–Crippen MR) is 102 cm³/mol. The van der Waals surface area contributed by atoms with Crippen molar-refractivity contribution in [2.75, 3.05) is 24.4 Å².